The third-order valence-electron chi connectivity index (χ3n) is 2.94. The fourth-order valence-electron chi connectivity index (χ4n) is 1.77. The third-order valence-corrected chi connectivity index (χ3v) is 5.46. The molecular formula is C16H17NO6S2. The molecule has 2 N–H and O–H groups in total. The molecule has 2 aromatic rings. The molecule has 0 amide bonds. The Kier molecular flexibility index (Phi) is 5.93. The van der Waals surface area contributed by atoms with E-state index in [-0.39, 0.29) is 33.1 Å². The summed E-state index contributed by atoms with van der Waals surface area (Å²) in [5.41, 5.74) is 0.325. The maximum atomic E-state index is 12.3. The van der Waals surface area contributed by atoms with Gasteiger partial charge < -0.3 is 9.47 Å². The topological polar surface area (TPSA) is 113 Å². The van der Waals surface area contributed by atoms with Crippen molar-refractivity contribution in [3.05, 3.63) is 46.8 Å². The monoisotopic (exact) mass is 383 g/mol. The van der Waals surface area contributed by atoms with Crippen LogP contribution < -0.4 is 9.88 Å². The zero-order valence-corrected chi connectivity index (χ0v) is 15.2. The van der Waals surface area contributed by atoms with Gasteiger partial charge in [0, 0.05) is 5.56 Å². The Morgan fingerprint density at radius 2 is 1.76 bits per heavy atom. The first-order valence-electron chi connectivity index (χ1n) is 7.29. The van der Waals surface area contributed by atoms with Crippen LogP contribution in [0.2, 0.25) is 0 Å². The van der Waals surface area contributed by atoms with Crippen molar-refractivity contribution in [2.75, 3.05) is 6.61 Å². The third kappa shape index (κ3) is 5.38. The Balaban J connectivity index is 2.05. The molecule has 0 bridgehead atoms. The van der Waals surface area contributed by atoms with Crippen LogP contribution in [-0.4, -0.2) is 27.0 Å². The first kappa shape index (κ1) is 19.1. The van der Waals surface area contributed by atoms with Crippen LogP contribution >= 0.6 is 11.3 Å². The lowest BCUT2D eigenvalue weighted by molar-refractivity contribution is 0.0885. The number of hydrogen-bond acceptors (Lipinski definition) is 7. The van der Waals surface area contributed by atoms with Crippen molar-refractivity contribution < 1.29 is 27.5 Å². The molecule has 7 nitrogen and oxygen atoms in total. The lowest BCUT2D eigenvalue weighted by Gasteiger charge is -2.08. The first-order valence-corrected chi connectivity index (χ1v) is 9.65. The number of ketones is 1. The number of ether oxygens (including phenoxy) is 2. The Labute approximate surface area is 149 Å². The van der Waals surface area contributed by atoms with Gasteiger partial charge >= 0.3 is 6.16 Å². The van der Waals surface area contributed by atoms with Crippen molar-refractivity contribution >= 4 is 33.3 Å². The summed E-state index contributed by atoms with van der Waals surface area (Å²) in [7, 11) is -3.83. The number of carbonyl (C=O) groups is 2. The molecule has 25 heavy (non-hydrogen) atoms. The number of hydrogen-bond donors (Lipinski definition) is 1. The van der Waals surface area contributed by atoms with Gasteiger partial charge in [-0.1, -0.05) is 13.8 Å². The Hall–Kier alpha value is -2.23. The van der Waals surface area contributed by atoms with Crippen LogP contribution in [0, 0.1) is 5.92 Å². The molecule has 0 spiro atoms. The van der Waals surface area contributed by atoms with Gasteiger partial charge in [0.1, 0.15) is 9.96 Å². The van der Waals surface area contributed by atoms with Crippen LogP contribution in [0.1, 0.15) is 29.1 Å². The van der Waals surface area contributed by atoms with Crippen LogP contribution in [0.25, 0.3) is 0 Å². The van der Waals surface area contributed by atoms with E-state index in [1.54, 1.807) is 0 Å². The second kappa shape index (κ2) is 7.77. The normalized spacial score (nSPS) is 11.4. The highest BCUT2D eigenvalue weighted by atomic mass is 32.2. The highest BCUT2D eigenvalue weighted by Gasteiger charge is 2.17. The molecule has 0 radical (unpaired) electrons. The van der Waals surface area contributed by atoms with Crippen molar-refractivity contribution in [1.29, 1.82) is 0 Å². The molecular weight excluding hydrogens is 366 g/mol. The molecule has 0 atom stereocenters. The van der Waals surface area contributed by atoms with Gasteiger partial charge in [0.15, 0.2) is 0 Å². The molecule has 0 unspecified atom stereocenters. The van der Waals surface area contributed by atoms with Crippen molar-refractivity contribution in [3.63, 3.8) is 0 Å². The van der Waals surface area contributed by atoms with Crippen molar-refractivity contribution in [1.82, 2.24) is 0 Å². The number of nitrogens with two attached hydrogens (primary N) is 1. The number of sulfonamides is 1. The number of primary sulfonamides is 1. The van der Waals surface area contributed by atoms with Crippen LogP contribution in [0.4, 0.5) is 4.79 Å². The molecule has 2 rings (SSSR count). The minimum absolute atomic E-state index is 0.0799. The summed E-state index contributed by atoms with van der Waals surface area (Å²) in [4.78, 5) is 24.1. The smallest absolute Gasteiger partial charge is 0.434 e. The van der Waals surface area contributed by atoms with Gasteiger partial charge in [-0.3, -0.25) is 4.79 Å². The summed E-state index contributed by atoms with van der Waals surface area (Å²) >= 11 is 0.799. The van der Waals surface area contributed by atoms with Crippen LogP contribution in [0.15, 0.2) is 40.6 Å². The van der Waals surface area contributed by atoms with Crippen molar-refractivity contribution in [2.45, 2.75) is 18.1 Å². The van der Waals surface area contributed by atoms with Gasteiger partial charge in [0.2, 0.25) is 15.8 Å². The minimum Gasteiger partial charge on any atom is -0.434 e. The Morgan fingerprint density at radius 3 is 2.28 bits per heavy atom. The summed E-state index contributed by atoms with van der Waals surface area (Å²) in [6.45, 7) is 4.05. The lowest BCUT2D eigenvalue weighted by atomic mass is 10.1. The van der Waals surface area contributed by atoms with E-state index in [1.807, 2.05) is 13.8 Å². The molecule has 0 aliphatic rings. The van der Waals surface area contributed by atoms with E-state index in [9.17, 15) is 18.0 Å². The molecule has 0 aliphatic carbocycles. The van der Waals surface area contributed by atoms with E-state index >= 15 is 0 Å². The van der Waals surface area contributed by atoms with E-state index in [2.05, 4.69) is 0 Å². The second-order valence-electron chi connectivity index (χ2n) is 5.57. The summed E-state index contributed by atoms with van der Waals surface area (Å²) in [5, 5.41) is 5.03. The van der Waals surface area contributed by atoms with E-state index in [1.165, 1.54) is 36.4 Å². The standard InChI is InChI=1S/C16H17NO6S2/c1-10(2)9-22-16(19)23-12-5-3-11(4-6-12)15(18)13-7-8-14(24-13)25(17,20)21/h3-8,10H,9H2,1-2H3,(H2,17,20,21). The average Bonchev–Trinajstić information content (AvgIpc) is 3.03. The molecule has 1 heterocycles. The highest BCUT2D eigenvalue weighted by molar-refractivity contribution is 7.91. The second-order valence-corrected chi connectivity index (χ2v) is 8.45. The number of benzene rings is 1. The zero-order chi connectivity index (χ0) is 18.6. The largest absolute Gasteiger partial charge is 0.513 e. The Morgan fingerprint density at radius 1 is 1.12 bits per heavy atom. The van der Waals surface area contributed by atoms with Gasteiger partial charge in [0.25, 0.3) is 0 Å². The van der Waals surface area contributed by atoms with E-state index in [0.29, 0.717) is 5.56 Å². The van der Waals surface area contributed by atoms with Gasteiger partial charge in [-0.15, -0.1) is 11.3 Å². The van der Waals surface area contributed by atoms with Gasteiger partial charge in [-0.2, -0.15) is 0 Å². The first-order chi connectivity index (χ1) is 11.7. The van der Waals surface area contributed by atoms with Crippen LogP contribution in [-0.2, 0) is 14.8 Å². The molecule has 0 fully saturated rings. The van der Waals surface area contributed by atoms with E-state index < -0.39 is 16.2 Å². The van der Waals surface area contributed by atoms with Crippen LogP contribution in [0.5, 0.6) is 5.75 Å². The molecule has 134 valence electrons. The summed E-state index contributed by atoms with van der Waals surface area (Å²) in [5.74, 6) is 0.0797. The molecule has 0 aliphatic heterocycles. The maximum Gasteiger partial charge on any atom is 0.513 e. The number of carbonyl (C=O) groups excluding carboxylic acids is 2. The number of thiophene rings is 1. The average molecular weight is 383 g/mol. The zero-order valence-electron chi connectivity index (χ0n) is 13.6. The predicted molar refractivity (Wildman–Crippen MR) is 92.4 cm³/mol. The fourth-order valence-corrected chi connectivity index (χ4v) is 3.46. The quantitative estimate of drug-likeness (QED) is 0.466. The fraction of sp³-hybridized carbons (Fsp3) is 0.250. The molecule has 9 heteroatoms. The maximum absolute atomic E-state index is 12.3. The van der Waals surface area contributed by atoms with Crippen LogP contribution in [0.3, 0.4) is 0 Å². The summed E-state index contributed by atoms with van der Waals surface area (Å²) in [6.07, 6.45) is -0.816. The lowest BCUT2D eigenvalue weighted by Crippen LogP contribution is -2.14. The van der Waals surface area contributed by atoms with Gasteiger partial charge in [-0.05, 0) is 42.3 Å². The molecule has 0 saturated heterocycles. The van der Waals surface area contributed by atoms with E-state index in [4.69, 9.17) is 14.6 Å². The van der Waals surface area contributed by atoms with Gasteiger partial charge in [0.05, 0.1) is 11.5 Å². The molecule has 1 aromatic heterocycles. The Bertz CT molecular complexity index is 868. The SMILES string of the molecule is CC(C)COC(=O)Oc1ccc(C(=O)c2ccc(S(N)(=O)=O)s2)cc1. The van der Waals surface area contributed by atoms with Crippen molar-refractivity contribution in [2.24, 2.45) is 11.1 Å². The van der Waals surface area contributed by atoms with Crippen molar-refractivity contribution in [3.8, 4) is 5.75 Å². The summed E-state index contributed by atoms with van der Waals surface area (Å²) < 4.78 is 32.3. The highest BCUT2D eigenvalue weighted by Crippen LogP contribution is 2.24. The summed E-state index contributed by atoms with van der Waals surface area (Å²) in [6, 6.07) is 8.56. The predicted octanol–water partition coefficient (Wildman–Crippen LogP) is 2.80. The number of rotatable bonds is 6. The molecule has 1 aromatic carbocycles. The minimum atomic E-state index is -3.83. The molecule has 0 saturated carbocycles. The van der Waals surface area contributed by atoms with Gasteiger partial charge in [-0.25, -0.2) is 18.4 Å². The van der Waals surface area contributed by atoms with E-state index in [0.717, 1.165) is 11.3 Å².